The molecule has 0 spiro atoms. The van der Waals surface area contributed by atoms with Gasteiger partial charge in [-0.15, -0.1) is 0 Å². The lowest BCUT2D eigenvalue weighted by Gasteiger charge is -2.60. The predicted molar refractivity (Wildman–Crippen MR) is 105 cm³/mol. The molecule has 7 atom stereocenters. The van der Waals surface area contributed by atoms with Crippen molar-refractivity contribution in [3.63, 3.8) is 0 Å². The molecule has 1 nitrogen and oxygen atoms in total. The van der Waals surface area contributed by atoms with Crippen LogP contribution in [0.1, 0.15) is 78.1 Å². The molecule has 0 aromatic carbocycles. The van der Waals surface area contributed by atoms with Gasteiger partial charge >= 0.3 is 0 Å². The van der Waals surface area contributed by atoms with E-state index >= 15 is 0 Å². The van der Waals surface area contributed by atoms with E-state index in [1.165, 1.54) is 57.8 Å². The van der Waals surface area contributed by atoms with Crippen molar-refractivity contribution < 1.29 is 4.43 Å². The average Bonchev–Trinajstić information content (AvgIpc) is 2.88. The molecule has 24 heavy (non-hydrogen) atoms. The third kappa shape index (κ3) is 2.84. The number of fused-ring (bicyclic) bond motifs is 5. The Bertz CT molecular complexity index is 483. The normalized spacial score (nSPS) is 51.6. The van der Waals surface area contributed by atoms with Gasteiger partial charge in [0.15, 0.2) is 8.32 Å². The van der Waals surface area contributed by atoms with Crippen molar-refractivity contribution in [2.75, 3.05) is 0 Å². The summed E-state index contributed by atoms with van der Waals surface area (Å²) in [5.74, 6) is 4.09. The van der Waals surface area contributed by atoms with E-state index in [0.29, 0.717) is 16.9 Å². The molecular formula is C22H40OSi. The summed E-state index contributed by atoms with van der Waals surface area (Å²) in [6.07, 6.45) is 15.4. The summed E-state index contributed by atoms with van der Waals surface area (Å²) < 4.78 is 6.53. The lowest BCUT2D eigenvalue weighted by Crippen LogP contribution is -2.53. The molecule has 2 heteroatoms. The Kier molecular flexibility index (Phi) is 4.28. The van der Waals surface area contributed by atoms with Gasteiger partial charge in [0.25, 0.3) is 0 Å². The standard InChI is InChI=1S/C22H40OSi/c1-21-12-6-7-19(21)18-9-8-16-15-17(23-24(3,4)5)10-14-22(16,2)20(18)11-13-21/h16-20H,6-15H2,1-5H3/t16-,17+,18?,19?,20?,21-,22-/m0/s1. The second-order valence-corrected chi connectivity index (χ2v) is 15.8. The summed E-state index contributed by atoms with van der Waals surface area (Å²) in [5.41, 5.74) is 1.34. The van der Waals surface area contributed by atoms with E-state index in [2.05, 4.69) is 33.5 Å². The fourth-order valence-corrected chi connectivity index (χ4v) is 9.03. The fraction of sp³-hybridized carbons (Fsp3) is 1.00. The first kappa shape index (κ1) is 17.6. The van der Waals surface area contributed by atoms with Crippen LogP contribution >= 0.6 is 0 Å². The molecule has 3 unspecified atom stereocenters. The van der Waals surface area contributed by atoms with E-state index in [0.717, 1.165) is 23.7 Å². The highest BCUT2D eigenvalue weighted by molar-refractivity contribution is 6.69. The van der Waals surface area contributed by atoms with Crippen LogP contribution in [0, 0.1) is 34.5 Å². The van der Waals surface area contributed by atoms with Gasteiger partial charge in [-0.1, -0.05) is 20.3 Å². The van der Waals surface area contributed by atoms with Crippen LogP contribution in [-0.2, 0) is 4.43 Å². The van der Waals surface area contributed by atoms with E-state index in [1.54, 1.807) is 6.42 Å². The molecule has 4 aliphatic carbocycles. The SMILES string of the molecule is C[C@@]12CCCC1C1CC[C@H]3C[C@H](O[Si](C)(C)C)CC[C@]3(C)C1CC2. The highest BCUT2D eigenvalue weighted by Gasteiger charge is 2.57. The molecule has 138 valence electrons. The molecule has 0 saturated heterocycles. The van der Waals surface area contributed by atoms with Gasteiger partial charge in [0, 0.05) is 6.10 Å². The van der Waals surface area contributed by atoms with Crippen molar-refractivity contribution in [1.82, 2.24) is 0 Å². The van der Waals surface area contributed by atoms with Gasteiger partial charge in [0.1, 0.15) is 0 Å². The smallest absolute Gasteiger partial charge is 0.184 e. The minimum atomic E-state index is -1.39. The van der Waals surface area contributed by atoms with E-state index < -0.39 is 8.32 Å². The second-order valence-electron chi connectivity index (χ2n) is 11.4. The van der Waals surface area contributed by atoms with E-state index in [1.807, 2.05) is 0 Å². The molecule has 0 aliphatic heterocycles. The summed E-state index contributed by atoms with van der Waals surface area (Å²) >= 11 is 0. The van der Waals surface area contributed by atoms with Crippen molar-refractivity contribution in [2.24, 2.45) is 34.5 Å². The molecule has 0 aromatic heterocycles. The van der Waals surface area contributed by atoms with Crippen molar-refractivity contribution in [2.45, 2.75) is 104 Å². The Balaban J connectivity index is 1.50. The first-order valence-corrected chi connectivity index (χ1v) is 14.3. The maximum atomic E-state index is 6.53. The van der Waals surface area contributed by atoms with Crippen LogP contribution in [0.4, 0.5) is 0 Å². The molecular weight excluding hydrogens is 308 g/mol. The highest BCUT2D eigenvalue weighted by atomic mass is 28.4. The topological polar surface area (TPSA) is 9.23 Å². The Morgan fingerprint density at radius 1 is 0.833 bits per heavy atom. The molecule has 0 bridgehead atoms. The zero-order chi connectivity index (χ0) is 17.2. The lowest BCUT2D eigenvalue weighted by molar-refractivity contribution is -0.118. The fourth-order valence-electron chi connectivity index (χ4n) is 7.82. The van der Waals surface area contributed by atoms with Gasteiger partial charge in [-0.2, -0.15) is 0 Å². The van der Waals surface area contributed by atoms with Crippen LogP contribution in [-0.4, -0.2) is 14.4 Å². The molecule has 0 amide bonds. The van der Waals surface area contributed by atoms with Crippen molar-refractivity contribution >= 4 is 8.32 Å². The van der Waals surface area contributed by atoms with Crippen LogP contribution in [0.5, 0.6) is 0 Å². The van der Waals surface area contributed by atoms with Gasteiger partial charge in [-0.05, 0) is 112 Å². The van der Waals surface area contributed by atoms with Crippen LogP contribution in [0.25, 0.3) is 0 Å². The van der Waals surface area contributed by atoms with Crippen molar-refractivity contribution in [3.05, 3.63) is 0 Å². The quantitative estimate of drug-likeness (QED) is 0.508. The Hall–Kier alpha value is 0.177. The Labute approximate surface area is 151 Å². The molecule has 4 fully saturated rings. The second kappa shape index (κ2) is 5.84. The molecule has 0 radical (unpaired) electrons. The van der Waals surface area contributed by atoms with Crippen LogP contribution < -0.4 is 0 Å². The minimum Gasteiger partial charge on any atom is -0.415 e. The molecule has 4 rings (SSSR count). The maximum absolute atomic E-state index is 6.53. The van der Waals surface area contributed by atoms with Gasteiger partial charge < -0.3 is 4.43 Å². The zero-order valence-corrected chi connectivity index (χ0v) is 17.9. The molecule has 0 heterocycles. The monoisotopic (exact) mass is 348 g/mol. The third-order valence-corrected chi connectivity index (χ3v) is 9.96. The summed E-state index contributed by atoms with van der Waals surface area (Å²) in [4.78, 5) is 0. The van der Waals surface area contributed by atoms with Crippen LogP contribution in [0.15, 0.2) is 0 Å². The van der Waals surface area contributed by atoms with Crippen molar-refractivity contribution in [1.29, 1.82) is 0 Å². The van der Waals surface area contributed by atoms with E-state index in [-0.39, 0.29) is 0 Å². The van der Waals surface area contributed by atoms with Crippen LogP contribution in [0.3, 0.4) is 0 Å². The summed E-state index contributed by atoms with van der Waals surface area (Å²) in [7, 11) is -1.39. The van der Waals surface area contributed by atoms with Gasteiger partial charge in [-0.3, -0.25) is 0 Å². The first-order valence-electron chi connectivity index (χ1n) is 10.9. The Morgan fingerprint density at radius 3 is 2.38 bits per heavy atom. The molecule has 0 aromatic rings. The van der Waals surface area contributed by atoms with Crippen molar-refractivity contribution in [3.8, 4) is 0 Å². The minimum absolute atomic E-state index is 0.576. The number of hydrogen-bond donors (Lipinski definition) is 0. The molecule has 4 aliphatic rings. The summed E-state index contributed by atoms with van der Waals surface area (Å²) in [6, 6.07) is 0. The zero-order valence-electron chi connectivity index (χ0n) is 16.9. The Morgan fingerprint density at radius 2 is 1.62 bits per heavy atom. The largest absolute Gasteiger partial charge is 0.415 e. The average molecular weight is 349 g/mol. The highest BCUT2D eigenvalue weighted by Crippen LogP contribution is 2.66. The van der Waals surface area contributed by atoms with E-state index in [9.17, 15) is 0 Å². The summed E-state index contributed by atoms with van der Waals surface area (Å²) in [5, 5.41) is 0. The van der Waals surface area contributed by atoms with Crippen LogP contribution in [0.2, 0.25) is 19.6 Å². The number of rotatable bonds is 2. The molecule has 0 N–H and O–H groups in total. The third-order valence-electron chi connectivity index (χ3n) is 8.92. The van der Waals surface area contributed by atoms with Gasteiger partial charge in [0.2, 0.25) is 0 Å². The van der Waals surface area contributed by atoms with Gasteiger partial charge in [-0.25, -0.2) is 0 Å². The van der Waals surface area contributed by atoms with E-state index in [4.69, 9.17) is 4.43 Å². The number of hydrogen-bond acceptors (Lipinski definition) is 1. The molecule has 4 saturated carbocycles. The van der Waals surface area contributed by atoms with Gasteiger partial charge in [0.05, 0.1) is 0 Å². The lowest BCUT2D eigenvalue weighted by atomic mass is 9.45. The summed E-state index contributed by atoms with van der Waals surface area (Å²) in [6.45, 7) is 12.4. The first-order chi connectivity index (χ1) is 11.2. The maximum Gasteiger partial charge on any atom is 0.184 e. The predicted octanol–water partition coefficient (Wildman–Crippen LogP) is 6.64.